The third kappa shape index (κ3) is 3.98. The fourth-order valence-electron chi connectivity index (χ4n) is 2.69. The molecule has 1 N–H and O–H groups in total. The Kier molecular flexibility index (Phi) is 5.03. The Balaban J connectivity index is 1.71. The van der Waals surface area contributed by atoms with Crippen molar-refractivity contribution < 1.29 is 13.9 Å². The first kappa shape index (κ1) is 17.4. The van der Waals surface area contributed by atoms with Crippen LogP contribution in [-0.2, 0) is 4.74 Å². The molecule has 0 spiro atoms. The number of hydrazone groups is 1. The second kappa shape index (κ2) is 7.22. The van der Waals surface area contributed by atoms with Crippen molar-refractivity contribution in [1.29, 1.82) is 0 Å². The number of halogens is 1. The first-order valence-electron chi connectivity index (χ1n) is 7.98. The number of carbonyl (C=O) groups is 1. The number of amides is 1. The van der Waals surface area contributed by atoms with E-state index in [2.05, 4.69) is 10.4 Å². The molecule has 7 nitrogen and oxygen atoms in total. The number of nitrogens with one attached hydrogen (secondary N) is 1. The minimum atomic E-state index is -0.484. The van der Waals surface area contributed by atoms with E-state index in [0.29, 0.717) is 42.5 Å². The van der Waals surface area contributed by atoms with Crippen LogP contribution in [0.25, 0.3) is 0 Å². The lowest BCUT2D eigenvalue weighted by molar-refractivity contribution is 0.143. The van der Waals surface area contributed by atoms with Gasteiger partial charge in [-0.1, -0.05) is 12.2 Å². The lowest BCUT2D eigenvalue weighted by Gasteiger charge is -2.28. The van der Waals surface area contributed by atoms with Crippen LogP contribution in [0.15, 0.2) is 23.3 Å². The zero-order valence-electron chi connectivity index (χ0n) is 14.1. The van der Waals surface area contributed by atoms with Gasteiger partial charge in [0.2, 0.25) is 0 Å². The number of carbonyl (C=O) groups excluding carboxylic acids is 1. The topological polar surface area (TPSA) is 60.4 Å². The number of rotatable bonds is 4. The van der Waals surface area contributed by atoms with Gasteiger partial charge in [0, 0.05) is 13.6 Å². The van der Waals surface area contributed by atoms with Gasteiger partial charge < -0.3 is 15.0 Å². The van der Waals surface area contributed by atoms with Gasteiger partial charge in [0.15, 0.2) is 0 Å². The average molecular weight is 365 g/mol. The summed E-state index contributed by atoms with van der Waals surface area (Å²) in [5.74, 6) is -0.405. The molecule has 1 aromatic carbocycles. The molecule has 1 unspecified atom stereocenters. The van der Waals surface area contributed by atoms with Gasteiger partial charge >= 0.3 is 6.09 Å². The number of cyclic esters (lactones) is 1. The Hall–Kier alpha value is -2.42. The van der Waals surface area contributed by atoms with E-state index < -0.39 is 11.9 Å². The standard InChI is InChI=1S/C16H20FN5O2S/c1-11(25)18-8-13-9-22(16(23)24-13)12-3-4-15(14(17)7-12)21-6-5-20(2)19-10-21/h3-4,7,10,13H,5-6,8-9H2,1-2H3,(H,18,25). The Morgan fingerprint density at radius 2 is 2.28 bits per heavy atom. The number of thiocarbonyl (C=S) groups is 1. The largest absolute Gasteiger partial charge is 0.442 e. The first-order chi connectivity index (χ1) is 11.9. The van der Waals surface area contributed by atoms with Crippen LogP contribution < -0.4 is 15.1 Å². The molecule has 1 aromatic rings. The summed E-state index contributed by atoms with van der Waals surface area (Å²) >= 11 is 4.95. The molecular formula is C16H20FN5O2S. The van der Waals surface area contributed by atoms with Crippen LogP contribution in [0.3, 0.4) is 0 Å². The molecule has 0 aromatic heterocycles. The fourth-order valence-corrected chi connectivity index (χ4v) is 2.78. The maximum atomic E-state index is 14.5. The van der Waals surface area contributed by atoms with Crippen molar-refractivity contribution in [2.75, 3.05) is 43.0 Å². The van der Waals surface area contributed by atoms with Crippen molar-refractivity contribution in [1.82, 2.24) is 10.3 Å². The predicted molar refractivity (Wildman–Crippen MR) is 98.8 cm³/mol. The highest BCUT2D eigenvalue weighted by Gasteiger charge is 2.32. The summed E-state index contributed by atoms with van der Waals surface area (Å²) < 4.78 is 19.8. The monoisotopic (exact) mass is 365 g/mol. The van der Waals surface area contributed by atoms with Crippen LogP contribution in [-0.4, -0.2) is 61.8 Å². The van der Waals surface area contributed by atoms with Gasteiger partial charge in [-0.3, -0.25) is 9.91 Å². The van der Waals surface area contributed by atoms with Crippen molar-refractivity contribution in [2.45, 2.75) is 13.0 Å². The SMILES string of the molecule is CC(=S)NCC1CN(c2ccc(N3C=NN(C)CC3)c(F)c2)C(=O)O1. The highest BCUT2D eigenvalue weighted by Crippen LogP contribution is 2.28. The van der Waals surface area contributed by atoms with E-state index in [1.54, 1.807) is 35.3 Å². The van der Waals surface area contributed by atoms with Crippen molar-refractivity contribution in [3.63, 3.8) is 0 Å². The summed E-state index contributed by atoms with van der Waals surface area (Å²) in [6.07, 6.45) is 0.793. The van der Waals surface area contributed by atoms with Crippen molar-refractivity contribution in [3.8, 4) is 0 Å². The summed E-state index contributed by atoms with van der Waals surface area (Å²) in [6, 6.07) is 4.72. The van der Waals surface area contributed by atoms with Crippen LogP contribution in [0.2, 0.25) is 0 Å². The first-order valence-corrected chi connectivity index (χ1v) is 8.39. The van der Waals surface area contributed by atoms with Crippen molar-refractivity contribution in [3.05, 3.63) is 24.0 Å². The molecule has 1 fully saturated rings. The van der Waals surface area contributed by atoms with Crippen LogP contribution in [0, 0.1) is 5.82 Å². The normalized spacial score (nSPS) is 20.0. The number of likely N-dealkylation sites (N-methyl/N-ethyl adjacent to an activating group) is 1. The maximum absolute atomic E-state index is 14.5. The summed E-state index contributed by atoms with van der Waals surface area (Å²) in [7, 11) is 1.86. The number of nitrogens with zero attached hydrogens (tertiary/aromatic N) is 4. The Morgan fingerprint density at radius 1 is 1.48 bits per heavy atom. The summed E-state index contributed by atoms with van der Waals surface area (Å²) in [6.45, 7) is 3.91. The van der Waals surface area contributed by atoms with Gasteiger partial charge in [0.05, 0.1) is 36.0 Å². The molecule has 25 heavy (non-hydrogen) atoms. The van der Waals surface area contributed by atoms with Gasteiger partial charge in [0.25, 0.3) is 0 Å². The van der Waals surface area contributed by atoms with E-state index in [0.717, 1.165) is 0 Å². The van der Waals surface area contributed by atoms with E-state index in [9.17, 15) is 9.18 Å². The molecule has 0 bridgehead atoms. The number of ether oxygens (including phenoxy) is 1. The maximum Gasteiger partial charge on any atom is 0.414 e. The summed E-state index contributed by atoms with van der Waals surface area (Å²) in [4.78, 5) is 15.9. The van der Waals surface area contributed by atoms with E-state index in [-0.39, 0.29) is 6.10 Å². The van der Waals surface area contributed by atoms with Crippen LogP contribution in [0.4, 0.5) is 20.6 Å². The van der Waals surface area contributed by atoms with E-state index in [1.807, 2.05) is 7.05 Å². The highest BCUT2D eigenvalue weighted by atomic mass is 32.1. The van der Waals surface area contributed by atoms with E-state index in [1.165, 1.54) is 11.0 Å². The molecule has 1 atom stereocenters. The quantitative estimate of drug-likeness (QED) is 0.821. The van der Waals surface area contributed by atoms with E-state index in [4.69, 9.17) is 17.0 Å². The molecule has 3 rings (SSSR count). The van der Waals surface area contributed by atoms with E-state index >= 15 is 0 Å². The summed E-state index contributed by atoms with van der Waals surface area (Å²) in [5, 5.41) is 8.92. The molecule has 1 amide bonds. The number of benzene rings is 1. The molecule has 134 valence electrons. The van der Waals surface area contributed by atoms with Crippen LogP contribution in [0.5, 0.6) is 0 Å². The fraction of sp³-hybridized carbons (Fsp3) is 0.438. The third-order valence-electron chi connectivity index (χ3n) is 4.06. The second-order valence-corrected chi connectivity index (χ2v) is 6.61. The Bertz CT molecular complexity index is 714. The smallest absolute Gasteiger partial charge is 0.414 e. The highest BCUT2D eigenvalue weighted by molar-refractivity contribution is 7.80. The third-order valence-corrected chi connectivity index (χ3v) is 4.20. The van der Waals surface area contributed by atoms with Gasteiger partial charge in [0.1, 0.15) is 18.3 Å². The molecule has 0 aliphatic carbocycles. The van der Waals surface area contributed by atoms with Crippen molar-refractivity contribution in [2.24, 2.45) is 5.10 Å². The zero-order valence-corrected chi connectivity index (χ0v) is 14.9. The van der Waals surface area contributed by atoms with Crippen LogP contribution >= 0.6 is 12.2 Å². The zero-order chi connectivity index (χ0) is 18.0. The molecule has 0 saturated carbocycles. The number of anilines is 2. The average Bonchev–Trinajstić information content (AvgIpc) is 2.95. The number of hydrogen-bond acceptors (Lipinski definition) is 6. The van der Waals surface area contributed by atoms with Gasteiger partial charge in [-0.25, -0.2) is 9.18 Å². The lowest BCUT2D eigenvalue weighted by atomic mass is 10.2. The number of hydrogen-bond donors (Lipinski definition) is 1. The Morgan fingerprint density at radius 3 is 2.92 bits per heavy atom. The van der Waals surface area contributed by atoms with Crippen molar-refractivity contribution >= 4 is 41.0 Å². The lowest BCUT2D eigenvalue weighted by Crippen LogP contribution is -2.36. The van der Waals surface area contributed by atoms with Gasteiger partial charge in [-0.15, -0.1) is 0 Å². The Labute approximate surface area is 151 Å². The van der Waals surface area contributed by atoms with Gasteiger partial charge in [-0.2, -0.15) is 5.10 Å². The minimum Gasteiger partial charge on any atom is -0.442 e. The second-order valence-electron chi connectivity index (χ2n) is 5.99. The molecule has 9 heteroatoms. The molecule has 1 saturated heterocycles. The predicted octanol–water partition coefficient (Wildman–Crippen LogP) is 1.78. The molecule has 2 aliphatic heterocycles. The molecular weight excluding hydrogens is 345 g/mol. The minimum absolute atomic E-state index is 0.321. The summed E-state index contributed by atoms with van der Waals surface area (Å²) in [5.41, 5.74) is 0.904. The molecule has 0 radical (unpaired) electrons. The molecule has 2 heterocycles. The molecule has 2 aliphatic rings. The van der Waals surface area contributed by atoms with Crippen LogP contribution in [0.1, 0.15) is 6.92 Å². The van der Waals surface area contributed by atoms with Gasteiger partial charge in [-0.05, 0) is 25.1 Å².